The quantitative estimate of drug-likeness (QED) is 0.590. The molecule has 2 aromatic heterocycles. The molecule has 1 fully saturated rings. The molecule has 1 aliphatic heterocycles. The second-order valence-corrected chi connectivity index (χ2v) is 6.91. The summed E-state index contributed by atoms with van der Waals surface area (Å²) in [5, 5.41) is 12.2. The molecule has 0 aliphatic carbocycles. The van der Waals surface area contributed by atoms with Crippen molar-refractivity contribution in [2.75, 3.05) is 11.4 Å². The Hall–Kier alpha value is -3.55. The molecule has 0 spiro atoms. The predicted octanol–water partition coefficient (Wildman–Crippen LogP) is 3.58. The molecule has 140 valence electrons. The van der Waals surface area contributed by atoms with Crippen LogP contribution in [0, 0.1) is 12.7 Å². The van der Waals surface area contributed by atoms with Gasteiger partial charge in [-0.3, -0.25) is 9.89 Å². The van der Waals surface area contributed by atoms with Crippen molar-refractivity contribution in [2.24, 2.45) is 0 Å². The number of benzene rings is 2. The molecule has 0 radical (unpaired) electrons. The van der Waals surface area contributed by atoms with Gasteiger partial charge in [0.05, 0.1) is 5.52 Å². The van der Waals surface area contributed by atoms with Gasteiger partial charge in [-0.05, 0) is 36.8 Å². The van der Waals surface area contributed by atoms with Crippen LogP contribution in [0.2, 0.25) is 0 Å². The lowest BCUT2D eigenvalue weighted by Crippen LogP contribution is -2.24. The van der Waals surface area contributed by atoms with Crippen molar-refractivity contribution in [1.29, 1.82) is 0 Å². The van der Waals surface area contributed by atoms with E-state index >= 15 is 0 Å². The monoisotopic (exact) mass is 377 g/mol. The number of amides is 1. The van der Waals surface area contributed by atoms with Crippen LogP contribution in [0.5, 0.6) is 0 Å². The maximum atomic E-state index is 13.5. The number of aromatic nitrogens is 4. The van der Waals surface area contributed by atoms with Crippen LogP contribution >= 0.6 is 0 Å². The molecule has 1 atom stereocenters. The van der Waals surface area contributed by atoms with E-state index in [4.69, 9.17) is 4.52 Å². The first-order valence-electron chi connectivity index (χ1n) is 8.94. The van der Waals surface area contributed by atoms with E-state index in [-0.39, 0.29) is 24.1 Å². The van der Waals surface area contributed by atoms with Crippen LogP contribution in [0.25, 0.3) is 22.5 Å². The summed E-state index contributed by atoms with van der Waals surface area (Å²) in [7, 11) is 0. The Morgan fingerprint density at radius 2 is 2.11 bits per heavy atom. The Bertz CT molecular complexity index is 1200. The van der Waals surface area contributed by atoms with Crippen LogP contribution in [-0.2, 0) is 4.79 Å². The number of H-pyrrole nitrogens is 1. The fourth-order valence-electron chi connectivity index (χ4n) is 3.55. The normalized spacial score (nSPS) is 17.0. The van der Waals surface area contributed by atoms with E-state index in [1.165, 1.54) is 6.07 Å². The zero-order valence-electron chi connectivity index (χ0n) is 15.0. The van der Waals surface area contributed by atoms with E-state index in [0.29, 0.717) is 35.2 Å². The minimum Gasteiger partial charge on any atom is -0.332 e. The van der Waals surface area contributed by atoms with E-state index in [0.717, 1.165) is 10.9 Å². The van der Waals surface area contributed by atoms with E-state index in [1.807, 2.05) is 24.3 Å². The van der Waals surface area contributed by atoms with Gasteiger partial charge < -0.3 is 9.42 Å². The first-order valence-corrected chi connectivity index (χ1v) is 8.94. The predicted molar refractivity (Wildman–Crippen MR) is 100 cm³/mol. The van der Waals surface area contributed by atoms with Crippen molar-refractivity contribution in [3.63, 3.8) is 0 Å². The molecule has 1 aliphatic rings. The molecule has 1 saturated heterocycles. The van der Waals surface area contributed by atoms with Crippen LogP contribution in [0.15, 0.2) is 47.0 Å². The number of anilines is 1. The third-order valence-corrected chi connectivity index (χ3v) is 5.06. The lowest BCUT2D eigenvalue weighted by molar-refractivity contribution is -0.117. The van der Waals surface area contributed by atoms with Crippen molar-refractivity contribution >= 4 is 22.5 Å². The Labute approximate surface area is 159 Å². The van der Waals surface area contributed by atoms with Gasteiger partial charge in [-0.15, -0.1) is 0 Å². The van der Waals surface area contributed by atoms with Crippen molar-refractivity contribution in [3.8, 4) is 11.6 Å². The van der Waals surface area contributed by atoms with E-state index in [9.17, 15) is 9.18 Å². The first-order chi connectivity index (χ1) is 13.6. The van der Waals surface area contributed by atoms with Gasteiger partial charge in [-0.25, -0.2) is 4.39 Å². The molecule has 2 aromatic carbocycles. The number of nitrogens with one attached hydrogen (secondary N) is 1. The number of fused-ring (bicyclic) bond motifs is 1. The summed E-state index contributed by atoms with van der Waals surface area (Å²) in [6.07, 6.45) is 0.275. The molecule has 0 saturated carbocycles. The maximum absolute atomic E-state index is 13.5. The zero-order valence-corrected chi connectivity index (χ0v) is 15.0. The van der Waals surface area contributed by atoms with E-state index in [1.54, 1.807) is 24.0 Å². The molecule has 0 bridgehead atoms. The van der Waals surface area contributed by atoms with Crippen LogP contribution in [0.1, 0.15) is 23.7 Å². The molecule has 8 heteroatoms. The molecule has 4 aromatic rings. The van der Waals surface area contributed by atoms with Crippen molar-refractivity contribution in [2.45, 2.75) is 19.3 Å². The minimum absolute atomic E-state index is 0.0485. The number of carbonyl (C=O) groups excluding carboxylic acids is 1. The zero-order chi connectivity index (χ0) is 19.3. The number of nitrogens with zero attached hydrogens (tertiary/aromatic N) is 4. The summed E-state index contributed by atoms with van der Waals surface area (Å²) < 4.78 is 18.9. The van der Waals surface area contributed by atoms with Gasteiger partial charge in [0.25, 0.3) is 5.89 Å². The smallest absolute Gasteiger partial charge is 0.279 e. The summed E-state index contributed by atoms with van der Waals surface area (Å²) >= 11 is 0. The topological polar surface area (TPSA) is 87.9 Å². The number of aromatic amines is 1. The Kier molecular flexibility index (Phi) is 3.71. The fourth-order valence-corrected chi connectivity index (χ4v) is 3.55. The summed E-state index contributed by atoms with van der Waals surface area (Å²) in [6.45, 7) is 2.10. The number of carbonyl (C=O) groups is 1. The van der Waals surface area contributed by atoms with Gasteiger partial charge >= 0.3 is 0 Å². The Morgan fingerprint density at radius 3 is 2.96 bits per heavy atom. The average Bonchev–Trinajstić information content (AvgIpc) is 3.41. The summed E-state index contributed by atoms with van der Waals surface area (Å²) in [5.41, 5.74) is 2.64. The molecule has 1 N–H and O–H groups in total. The number of hydrogen-bond donors (Lipinski definition) is 1. The lowest BCUT2D eigenvalue weighted by atomic mass is 10.1. The minimum atomic E-state index is -0.291. The second-order valence-electron chi connectivity index (χ2n) is 6.91. The van der Waals surface area contributed by atoms with Crippen LogP contribution in [0.3, 0.4) is 0 Å². The number of halogens is 1. The first kappa shape index (κ1) is 16.6. The number of hydrogen-bond acceptors (Lipinski definition) is 5. The van der Waals surface area contributed by atoms with Gasteiger partial charge in [0.2, 0.25) is 5.91 Å². The largest absolute Gasteiger partial charge is 0.332 e. The Balaban J connectivity index is 1.42. The van der Waals surface area contributed by atoms with Gasteiger partial charge in [0.1, 0.15) is 5.82 Å². The Morgan fingerprint density at radius 1 is 1.25 bits per heavy atom. The molecule has 5 rings (SSSR count). The highest BCUT2D eigenvalue weighted by Gasteiger charge is 2.35. The highest BCUT2D eigenvalue weighted by molar-refractivity contribution is 5.96. The van der Waals surface area contributed by atoms with Crippen molar-refractivity contribution in [1.82, 2.24) is 20.3 Å². The van der Waals surface area contributed by atoms with E-state index in [2.05, 4.69) is 20.3 Å². The second kappa shape index (κ2) is 6.26. The van der Waals surface area contributed by atoms with Crippen LogP contribution in [-0.4, -0.2) is 32.8 Å². The number of para-hydroxylation sites is 1. The SMILES string of the molecule is Cc1cc(N2CC(c3noc(-c4n[nH]c5ccccc45)n3)CC2=O)ccc1F. The number of rotatable bonds is 3. The maximum Gasteiger partial charge on any atom is 0.279 e. The molecular weight excluding hydrogens is 361 g/mol. The molecular formula is C20H16FN5O2. The third-order valence-electron chi connectivity index (χ3n) is 5.06. The fraction of sp³-hybridized carbons (Fsp3) is 0.200. The molecule has 7 nitrogen and oxygen atoms in total. The highest BCUT2D eigenvalue weighted by atomic mass is 19.1. The average molecular weight is 377 g/mol. The highest BCUT2D eigenvalue weighted by Crippen LogP contribution is 2.33. The van der Waals surface area contributed by atoms with E-state index < -0.39 is 0 Å². The molecule has 3 heterocycles. The molecule has 1 unspecified atom stereocenters. The van der Waals surface area contributed by atoms with Crippen molar-refractivity contribution in [3.05, 3.63) is 59.7 Å². The standard InChI is InChI=1S/C20H16FN5O2/c1-11-8-13(6-7-15(11)21)26-10-12(9-17(26)27)19-22-20(28-25-19)18-14-4-2-3-5-16(14)23-24-18/h2-8,12H,9-10H2,1H3,(H,23,24). The van der Waals surface area contributed by atoms with Gasteiger partial charge in [-0.2, -0.15) is 10.1 Å². The van der Waals surface area contributed by atoms with Crippen LogP contribution < -0.4 is 4.90 Å². The van der Waals surface area contributed by atoms with Crippen LogP contribution in [0.4, 0.5) is 10.1 Å². The summed E-state index contributed by atoms with van der Waals surface area (Å²) in [4.78, 5) is 18.6. The lowest BCUT2D eigenvalue weighted by Gasteiger charge is -2.16. The summed E-state index contributed by atoms with van der Waals surface area (Å²) in [6, 6.07) is 12.3. The third kappa shape index (κ3) is 2.65. The van der Waals surface area contributed by atoms with Gasteiger partial charge in [-0.1, -0.05) is 23.4 Å². The number of aryl methyl sites for hydroxylation is 1. The molecule has 1 amide bonds. The van der Waals surface area contributed by atoms with Gasteiger partial charge in [0, 0.05) is 30.0 Å². The molecule has 28 heavy (non-hydrogen) atoms. The van der Waals surface area contributed by atoms with Gasteiger partial charge in [0.15, 0.2) is 11.5 Å². The summed E-state index contributed by atoms with van der Waals surface area (Å²) in [5.74, 6) is 0.252. The van der Waals surface area contributed by atoms with Crippen molar-refractivity contribution < 1.29 is 13.7 Å².